The maximum Gasteiger partial charge on any atom is 0.272 e. The highest BCUT2D eigenvalue weighted by molar-refractivity contribution is 5.94. The molecule has 6 heteroatoms. The molecule has 0 bridgehead atoms. The summed E-state index contributed by atoms with van der Waals surface area (Å²) in [5.41, 5.74) is 4.27. The molecule has 4 rings (SSSR count). The number of pyridine rings is 1. The summed E-state index contributed by atoms with van der Waals surface area (Å²) in [7, 11) is 0. The SMILES string of the molecule is CC(C)(C)C1CCc2[nH]nc(C(=O)NC3CCN(Cc4ccccn4)CC3)c2C1. The van der Waals surface area contributed by atoms with E-state index in [9.17, 15) is 4.79 Å². The Kier molecular flexibility index (Phi) is 5.72. The van der Waals surface area contributed by atoms with Crippen LogP contribution in [-0.2, 0) is 19.4 Å². The van der Waals surface area contributed by atoms with Gasteiger partial charge in [0.25, 0.3) is 5.91 Å². The zero-order chi connectivity index (χ0) is 20.4. The van der Waals surface area contributed by atoms with E-state index in [-0.39, 0.29) is 17.4 Å². The summed E-state index contributed by atoms with van der Waals surface area (Å²) in [6, 6.07) is 6.27. The quantitative estimate of drug-likeness (QED) is 0.833. The number of rotatable bonds is 4. The minimum absolute atomic E-state index is 0.0137. The minimum atomic E-state index is -0.0137. The third kappa shape index (κ3) is 4.69. The fourth-order valence-corrected chi connectivity index (χ4v) is 4.63. The molecule has 156 valence electrons. The fraction of sp³-hybridized carbons (Fsp3) is 0.609. The number of nitrogens with zero attached hydrogens (tertiary/aromatic N) is 3. The van der Waals surface area contributed by atoms with Crippen LogP contribution in [0, 0.1) is 11.3 Å². The normalized spacial score (nSPS) is 21.0. The van der Waals surface area contributed by atoms with Crippen molar-refractivity contribution in [3.63, 3.8) is 0 Å². The molecule has 6 nitrogen and oxygen atoms in total. The van der Waals surface area contributed by atoms with E-state index in [4.69, 9.17) is 0 Å². The topological polar surface area (TPSA) is 73.9 Å². The van der Waals surface area contributed by atoms with Crippen LogP contribution in [0.4, 0.5) is 0 Å². The van der Waals surface area contributed by atoms with Gasteiger partial charge in [0.2, 0.25) is 0 Å². The van der Waals surface area contributed by atoms with Crippen molar-refractivity contribution < 1.29 is 4.79 Å². The number of fused-ring (bicyclic) bond motifs is 1. The zero-order valence-corrected chi connectivity index (χ0v) is 17.9. The van der Waals surface area contributed by atoms with Gasteiger partial charge in [-0.15, -0.1) is 0 Å². The highest BCUT2D eigenvalue weighted by atomic mass is 16.2. The molecule has 29 heavy (non-hydrogen) atoms. The predicted molar refractivity (Wildman–Crippen MR) is 114 cm³/mol. The molecule has 2 aromatic heterocycles. The average Bonchev–Trinajstić information content (AvgIpc) is 3.13. The third-order valence-electron chi connectivity index (χ3n) is 6.62. The number of H-pyrrole nitrogens is 1. The van der Waals surface area contributed by atoms with E-state index in [1.165, 1.54) is 0 Å². The lowest BCUT2D eigenvalue weighted by Gasteiger charge is -2.34. The fourth-order valence-electron chi connectivity index (χ4n) is 4.63. The van der Waals surface area contributed by atoms with Crippen molar-refractivity contribution >= 4 is 5.91 Å². The third-order valence-corrected chi connectivity index (χ3v) is 6.62. The van der Waals surface area contributed by atoms with Crippen molar-refractivity contribution in [2.75, 3.05) is 13.1 Å². The summed E-state index contributed by atoms with van der Waals surface area (Å²) in [6.07, 6.45) is 6.88. The standard InChI is InChI=1S/C23H33N5O/c1-23(2,3)16-7-8-20-19(14-16)21(27-26-20)22(29)25-17-9-12-28(13-10-17)15-18-6-4-5-11-24-18/h4-6,11,16-17H,7-10,12-15H2,1-3H3,(H,25,29)(H,26,27). The van der Waals surface area contributed by atoms with E-state index in [0.717, 1.165) is 68.7 Å². The van der Waals surface area contributed by atoms with E-state index in [0.29, 0.717) is 11.6 Å². The molecule has 1 aliphatic carbocycles. The summed E-state index contributed by atoms with van der Waals surface area (Å²) in [5.74, 6) is 0.578. The smallest absolute Gasteiger partial charge is 0.272 e. The number of amides is 1. The molecule has 1 aliphatic heterocycles. The molecule has 2 N–H and O–H groups in total. The number of likely N-dealkylation sites (tertiary alicyclic amines) is 1. The molecule has 1 saturated heterocycles. The first-order chi connectivity index (χ1) is 13.9. The molecule has 0 saturated carbocycles. The highest BCUT2D eigenvalue weighted by Crippen LogP contribution is 2.37. The van der Waals surface area contributed by atoms with Gasteiger partial charge in [0, 0.05) is 43.1 Å². The van der Waals surface area contributed by atoms with Crippen molar-refractivity contribution in [2.45, 2.75) is 65.5 Å². The summed E-state index contributed by atoms with van der Waals surface area (Å²) >= 11 is 0. The Morgan fingerprint density at radius 1 is 1.24 bits per heavy atom. The maximum atomic E-state index is 13.0. The van der Waals surface area contributed by atoms with Gasteiger partial charge in [0.1, 0.15) is 0 Å². The van der Waals surface area contributed by atoms with E-state index in [2.05, 4.69) is 52.2 Å². The van der Waals surface area contributed by atoms with Gasteiger partial charge in [-0.05, 0) is 55.6 Å². The Morgan fingerprint density at radius 2 is 2.03 bits per heavy atom. The van der Waals surface area contributed by atoms with Crippen LogP contribution in [0.1, 0.15) is 67.5 Å². The van der Waals surface area contributed by atoms with Crippen molar-refractivity contribution in [1.82, 2.24) is 25.4 Å². The first-order valence-corrected chi connectivity index (χ1v) is 10.9. The van der Waals surface area contributed by atoms with Crippen LogP contribution in [0.3, 0.4) is 0 Å². The molecule has 1 fully saturated rings. The van der Waals surface area contributed by atoms with Gasteiger partial charge in [-0.25, -0.2) is 0 Å². The van der Waals surface area contributed by atoms with E-state index < -0.39 is 0 Å². The molecule has 2 aromatic rings. The number of aromatic amines is 1. The second-order valence-electron chi connectivity index (χ2n) is 9.68. The largest absolute Gasteiger partial charge is 0.348 e. The van der Waals surface area contributed by atoms with Crippen LogP contribution >= 0.6 is 0 Å². The second kappa shape index (κ2) is 8.27. The van der Waals surface area contributed by atoms with Crippen molar-refractivity contribution in [3.8, 4) is 0 Å². The first-order valence-electron chi connectivity index (χ1n) is 10.9. The van der Waals surface area contributed by atoms with Crippen molar-refractivity contribution in [2.24, 2.45) is 11.3 Å². The predicted octanol–water partition coefficient (Wildman–Crippen LogP) is 3.35. The lowest BCUT2D eigenvalue weighted by atomic mass is 9.71. The molecular formula is C23H33N5O. The van der Waals surface area contributed by atoms with Crippen LogP contribution < -0.4 is 5.32 Å². The van der Waals surface area contributed by atoms with Crippen LogP contribution in [0.15, 0.2) is 24.4 Å². The van der Waals surface area contributed by atoms with Gasteiger partial charge < -0.3 is 5.32 Å². The summed E-state index contributed by atoms with van der Waals surface area (Å²) in [5, 5.41) is 10.8. The molecule has 0 aromatic carbocycles. The van der Waals surface area contributed by atoms with E-state index in [1.807, 2.05) is 18.3 Å². The van der Waals surface area contributed by atoms with E-state index >= 15 is 0 Å². The molecule has 1 amide bonds. The number of piperidine rings is 1. The maximum absolute atomic E-state index is 13.0. The van der Waals surface area contributed by atoms with Gasteiger partial charge in [-0.1, -0.05) is 26.8 Å². The number of nitrogens with one attached hydrogen (secondary N) is 2. The van der Waals surface area contributed by atoms with Gasteiger partial charge >= 0.3 is 0 Å². The minimum Gasteiger partial charge on any atom is -0.348 e. The monoisotopic (exact) mass is 395 g/mol. The molecule has 2 aliphatic rings. The number of carbonyl (C=O) groups excluding carboxylic acids is 1. The van der Waals surface area contributed by atoms with Crippen LogP contribution in [0.5, 0.6) is 0 Å². The number of carbonyl (C=O) groups is 1. The molecule has 3 heterocycles. The van der Waals surface area contributed by atoms with Crippen molar-refractivity contribution in [3.05, 3.63) is 47.0 Å². The highest BCUT2D eigenvalue weighted by Gasteiger charge is 2.33. The zero-order valence-electron chi connectivity index (χ0n) is 17.9. The lowest BCUT2D eigenvalue weighted by molar-refractivity contribution is 0.0901. The van der Waals surface area contributed by atoms with Gasteiger partial charge in [0.05, 0.1) is 5.69 Å². The van der Waals surface area contributed by atoms with E-state index in [1.54, 1.807) is 0 Å². The van der Waals surface area contributed by atoms with Gasteiger partial charge in [-0.2, -0.15) is 5.10 Å². The summed E-state index contributed by atoms with van der Waals surface area (Å²) in [6.45, 7) is 9.71. The Balaban J connectivity index is 1.33. The number of aromatic nitrogens is 3. The van der Waals surface area contributed by atoms with Crippen molar-refractivity contribution in [1.29, 1.82) is 0 Å². The molecular weight excluding hydrogens is 362 g/mol. The average molecular weight is 396 g/mol. The van der Waals surface area contributed by atoms with Crippen LogP contribution in [0.25, 0.3) is 0 Å². The molecule has 0 radical (unpaired) electrons. The molecule has 0 spiro atoms. The van der Waals surface area contributed by atoms with Gasteiger partial charge in [-0.3, -0.25) is 19.8 Å². The number of hydrogen-bond acceptors (Lipinski definition) is 4. The lowest BCUT2D eigenvalue weighted by Crippen LogP contribution is -2.44. The van der Waals surface area contributed by atoms with Crippen LogP contribution in [0.2, 0.25) is 0 Å². The Hall–Kier alpha value is -2.21. The summed E-state index contributed by atoms with van der Waals surface area (Å²) < 4.78 is 0. The second-order valence-corrected chi connectivity index (χ2v) is 9.68. The van der Waals surface area contributed by atoms with Crippen LogP contribution in [-0.4, -0.2) is 45.1 Å². The number of hydrogen-bond donors (Lipinski definition) is 2. The first kappa shape index (κ1) is 20.1. The Labute approximate surface area is 173 Å². The summed E-state index contributed by atoms with van der Waals surface area (Å²) in [4.78, 5) is 19.8. The Morgan fingerprint density at radius 3 is 2.72 bits per heavy atom. The molecule has 1 unspecified atom stereocenters. The van der Waals surface area contributed by atoms with Gasteiger partial charge in [0.15, 0.2) is 5.69 Å². The Bertz CT molecular complexity index is 831. The number of aryl methyl sites for hydroxylation is 1. The molecule has 1 atom stereocenters.